The predicted octanol–water partition coefficient (Wildman–Crippen LogP) is 6.07. The monoisotopic (exact) mass is 515 g/mol. The summed E-state index contributed by atoms with van der Waals surface area (Å²) in [5.41, 5.74) is 5.05. The predicted molar refractivity (Wildman–Crippen MR) is 100 cm³/mol. The van der Waals surface area contributed by atoms with Crippen LogP contribution >= 0.6 is 66.8 Å². The highest BCUT2D eigenvalue weighted by Gasteiger charge is 2.32. The molecule has 0 bridgehead atoms. The molecule has 126 valence electrons. The summed E-state index contributed by atoms with van der Waals surface area (Å²) in [6, 6.07) is 4.18. The fourth-order valence-corrected chi connectivity index (χ4v) is 4.99. The molecule has 7 nitrogen and oxygen atoms in total. The fraction of sp³-hybridized carbons (Fsp3) is 0. The number of nitro groups is 2. The van der Waals surface area contributed by atoms with Crippen molar-refractivity contribution in [2.24, 2.45) is 0 Å². The van der Waals surface area contributed by atoms with Gasteiger partial charge >= 0.3 is 11.4 Å². The molecular weight excluding hydrogens is 513 g/mol. The van der Waals surface area contributed by atoms with Crippen LogP contribution in [-0.4, -0.2) is 9.85 Å². The Balaban J connectivity index is 2.75. The molecule has 0 fully saturated rings. The molecule has 0 spiro atoms. The van der Waals surface area contributed by atoms with Crippen LogP contribution < -0.4 is 5.73 Å². The number of anilines is 1. The Morgan fingerprint density at radius 2 is 1.54 bits per heavy atom. The second-order valence-corrected chi connectivity index (χ2v) is 7.80. The number of nitrogens with zero attached hydrogens (tertiary/aromatic N) is 2. The van der Waals surface area contributed by atoms with E-state index in [2.05, 4.69) is 31.9 Å². The molecule has 0 saturated carbocycles. The minimum absolute atomic E-state index is 0.0704. The molecule has 2 aromatic rings. The number of hydrogen-bond donors (Lipinski definition) is 1. The summed E-state index contributed by atoms with van der Waals surface area (Å²) in [4.78, 5) is 21.4. The Kier molecular flexibility index (Phi) is 5.97. The number of hydrogen-bond acceptors (Lipinski definition) is 6. The van der Waals surface area contributed by atoms with Gasteiger partial charge in [0.1, 0.15) is 0 Å². The van der Waals surface area contributed by atoms with Gasteiger partial charge in [-0.1, -0.05) is 35.0 Å². The zero-order chi connectivity index (χ0) is 18.2. The lowest BCUT2D eigenvalue weighted by atomic mass is 10.3. The van der Waals surface area contributed by atoms with Crippen molar-refractivity contribution in [2.45, 2.75) is 9.79 Å². The van der Waals surface area contributed by atoms with E-state index in [4.69, 9.17) is 28.9 Å². The van der Waals surface area contributed by atoms with Gasteiger partial charge in [0.25, 0.3) is 0 Å². The lowest BCUT2D eigenvalue weighted by Crippen LogP contribution is -2.00. The highest BCUT2D eigenvalue weighted by atomic mass is 79.9. The molecule has 0 aliphatic heterocycles. The Morgan fingerprint density at radius 1 is 1.04 bits per heavy atom. The number of nitrogen functional groups attached to an aromatic ring is 1. The van der Waals surface area contributed by atoms with E-state index >= 15 is 0 Å². The summed E-state index contributed by atoms with van der Waals surface area (Å²) in [6.45, 7) is 0. The lowest BCUT2D eigenvalue weighted by Gasteiger charge is -2.10. The molecule has 0 aliphatic carbocycles. The van der Waals surface area contributed by atoms with E-state index in [1.54, 1.807) is 0 Å². The van der Waals surface area contributed by atoms with Crippen LogP contribution in [0.2, 0.25) is 10.0 Å². The van der Waals surface area contributed by atoms with Crippen molar-refractivity contribution in [3.8, 4) is 0 Å². The van der Waals surface area contributed by atoms with E-state index in [9.17, 15) is 20.2 Å². The van der Waals surface area contributed by atoms with Crippen molar-refractivity contribution < 1.29 is 9.85 Å². The van der Waals surface area contributed by atoms with Gasteiger partial charge in [-0.25, -0.2) is 0 Å². The van der Waals surface area contributed by atoms with Crippen molar-refractivity contribution in [3.05, 3.63) is 57.4 Å². The molecule has 2 rings (SSSR count). The average Bonchev–Trinajstić information content (AvgIpc) is 2.46. The summed E-state index contributed by atoms with van der Waals surface area (Å²) < 4.78 is 0.178. The van der Waals surface area contributed by atoms with Crippen LogP contribution in [0.3, 0.4) is 0 Å². The van der Waals surface area contributed by atoms with Crippen LogP contribution in [-0.2, 0) is 0 Å². The van der Waals surface area contributed by atoms with Crippen molar-refractivity contribution in [3.63, 3.8) is 0 Å². The largest absolute Gasteiger partial charge is 0.397 e. The molecule has 0 aromatic heterocycles. The maximum Gasteiger partial charge on any atom is 0.304 e. The molecule has 24 heavy (non-hydrogen) atoms. The first-order valence-electron chi connectivity index (χ1n) is 5.87. The topological polar surface area (TPSA) is 112 Å². The van der Waals surface area contributed by atoms with Crippen LogP contribution in [0, 0.1) is 20.2 Å². The molecule has 0 radical (unpaired) electrons. The molecule has 2 aromatic carbocycles. The molecule has 0 saturated heterocycles. The number of rotatable bonds is 4. The van der Waals surface area contributed by atoms with Gasteiger partial charge in [-0.05, 0) is 50.1 Å². The van der Waals surface area contributed by atoms with Crippen molar-refractivity contribution in [2.75, 3.05) is 5.73 Å². The Hall–Kier alpha value is -1.07. The standard InChI is InChI=1S/C12H5Br2Cl2N3O4S/c13-4-3-5(14)11(19(22)23)12(10(4)18(20)21)24-7-2-1-6(15)8(16)9(7)17/h1-3H,17H2. The Morgan fingerprint density at radius 3 is 2.00 bits per heavy atom. The summed E-state index contributed by atoms with van der Waals surface area (Å²) in [6.07, 6.45) is 0. The van der Waals surface area contributed by atoms with E-state index in [1.165, 1.54) is 18.2 Å². The van der Waals surface area contributed by atoms with Gasteiger partial charge in [-0.2, -0.15) is 0 Å². The third-order valence-electron chi connectivity index (χ3n) is 2.81. The molecular formula is C12H5Br2Cl2N3O4S. The minimum Gasteiger partial charge on any atom is -0.397 e. The normalized spacial score (nSPS) is 10.7. The van der Waals surface area contributed by atoms with Gasteiger partial charge in [0.05, 0.1) is 34.5 Å². The molecule has 0 heterocycles. The number of halogens is 4. The molecule has 0 unspecified atom stereocenters. The third kappa shape index (κ3) is 3.62. The van der Waals surface area contributed by atoms with Gasteiger partial charge in [0, 0.05) is 4.90 Å². The highest BCUT2D eigenvalue weighted by molar-refractivity contribution is 9.11. The zero-order valence-electron chi connectivity index (χ0n) is 11.3. The number of nitrogens with two attached hydrogens (primary N) is 1. The Bertz CT molecular complexity index is 844. The molecule has 2 N–H and O–H groups in total. The summed E-state index contributed by atoms with van der Waals surface area (Å²) in [7, 11) is 0. The van der Waals surface area contributed by atoms with Gasteiger partial charge in [0.15, 0.2) is 4.90 Å². The van der Waals surface area contributed by atoms with Crippen LogP contribution in [0.15, 0.2) is 36.9 Å². The maximum absolute atomic E-state index is 11.4. The van der Waals surface area contributed by atoms with Gasteiger partial charge in [0.2, 0.25) is 0 Å². The van der Waals surface area contributed by atoms with Crippen molar-refractivity contribution in [1.29, 1.82) is 0 Å². The first-order chi connectivity index (χ1) is 11.1. The summed E-state index contributed by atoms with van der Waals surface area (Å²) in [5.74, 6) is 0. The minimum atomic E-state index is -0.709. The van der Waals surface area contributed by atoms with Crippen LogP contribution in [0.5, 0.6) is 0 Å². The lowest BCUT2D eigenvalue weighted by molar-refractivity contribution is -0.400. The van der Waals surface area contributed by atoms with Gasteiger partial charge < -0.3 is 5.73 Å². The number of benzene rings is 2. The fourth-order valence-electron chi connectivity index (χ4n) is 1.76. The Labute approximate surface area is 166 Å². The summed E-state index contributed by atoms with van der Waals surface area (Å²) >= 11 is 18.7. The first kappa shape index (κ1) is 19.3. The highest BCUT2D eigenvalue weighted by Crippen LogP contribution is 2.50. The SMILES string of the molecule is Nc1c(Sc2c([N+](=O)[O-])c(Br)cc(Br)c2[N+](=O)[O-])ccc(Cl)c1Cl. The van der Waals surface area contributed by atoms with Crippen molar-refractivity contribution in [1.82, 2.24) is 0 Å². The van der Waals surface area contributed by atoms with E-state index in [-0.39, 0.29) is 29.6 Å². The van der Waals surface area contributed by atoms with E-state index in [0.717, 1.165) is 11.8 Å². The van der Waals surface area contributed by atoms with Gasteiger partial charge in [-0.3, -0.25) is 20.2 Å². The summed E-state index contributed by atoms with van der Waals surface area (Å²) in [5, 5.41) is 23.0. The molecule has 12 heteroatoms. The number of nitro benzene ring substituents is 2. The van der Waals surface area contributed by atoms with E-state index in [0.29, 0.717) is 4.90 Å². The van der Waals surface area contributed by atoms with Crippen LogP contribution in [0.4, 0.5) is 17.1 Å². The smallest absolute Gasteiger partial charge is 0.304 e. The third-order valence-corrected chi connectivity index (χ3v) is 6.00. The maximum atomic E-state index is 11.4. The second-order valence-electron chi connectivity index (χ2n) is 4.26. The van der Waals surface area contributed by atoms with Crippen molar-refractivity contribution >= 4 is 83.9 Å². The molecule has 0 aliphatic rings. The van der Waals surface area contributed by atoms with E-state index in [1.807, 2.05) is 0 Å². The van der Waals surface area contributed by atoms with Gasteiger partial charge in [-0.15, -0.1) is 0 Å². The first-order valence-corrected chi connectivity index (χ1v) is 9.03. The zero-order valence-corrected chi connectivity index (χ0v) is 16.8. The molecule has 0 amide bonds. The van der Waals surface area contributed by atoms with Crippen LogP contribution in [0.1, 0.15) is 0 Å². The average molecular weight is 518 g/mol. The van der Waals surface area contributed by atoms with E-state index < -0.39 is 21.2 Å². The quantitative estimate of drug-likeness (QED) is 0.299. The molecule has 0 atom stereocenters. The second kappa shape index (κ2) is 7.44. The van der Waals surface area contributed by atoms with Crippen LogP contribution in [0.25, 0.3) is 0 Å².